The highest BCUT2D eigenvalue weighted by atomic mass is 16.6. The number of amides is 1. The lowest BCUT2D eigenvalue weighted by atomic mass is 10.00. The number of nitrogens with zero attached hydrogens (tertiary/aromatic N) is 4. The number of cyclic esters (lactones) is 1. The fourth-order valence-electron chi connectivity index (χ4n) is 1.86. The van der Waals surface area contributed by atoms with E-state index in [0.29, 0.717) is 13.2 Å². The molecular weight excluding hydrogens is 172 g/mol. The predicted molar refractivity (Wildman–Crippen MR) is 44.0 cm³/mol. The van der Waals surface area contributed by atoms with Gasteiger partial charge in [0.15, 0.2) is 0 Å². The number of hydrogen-bond donors (Lipinski definition) is 0. The van der Waals surface area contributed by atoms with Gasteiger partial charge in [-0.05, 0) is 18.4 Å². The van der Waals surface area contributed by atoms with E-state index in [2.05, 4.69) is 10.0 Å². The van der Waals surface area contributed by atoms with E-state index in [0.717, 1.165) is 12.8 Å². The lowest BCUT2D eigenvalue weighted by Gasteiger charge is -2.29. The summed E-state index contributed by atoms with van der Waals surface area (Å²) in [6.45, 7) is 1.09. The first-order chi connectivity index (χ1) is 6.31. The standard InChI is InChI=1S/C7H10N4O2/c8-10-9-5-1-2-11-6(3-5)4-13-7(11)12/h5-6H,1-4H2/t5-,6-/m0/s1. The van der Waals surface area contributed by atoms with Crippen LogP contribution >= 0.6 is 0 Å². The molecule has 0 N–H and O–H groups in total. The van der Waals surface area contributed by atoms with E-state index in [1.165, 1.54) is 0 Å². The van der Waals surface area contributed by atoms with Crippen LogP contribution in [0.25, 0.3) is 10.4 Å². The maximum atomic E-state index is 11.1. The average Bonchev–Trinajstić information content (AvgIpc) is 2.48. The van der Waals surface area contributed by atoms with Gasteiger partial charge in [-0.25, -0.2) is 4.79 Å². The number of rotatable bonds is 1. The zero-order chi connectivity index (χ0) is 9.26. The topological polar surface area (TPSA) is 78.3 Å². The van der Waals surface area contributed by atoms with Gasteiger partial charge in [0.25, 0.3) is 0 Å². The van der Waals surface area contributed by atoms with Gasteiger partial charge in [-0.3, -0.25) is 0 Å². The van der Waals surface area contributed by atoms with E-state index in [-0.39, 0.29) is 18.2 Å². The third kappa shape index (κ3) is 1.40. The minimum absolute atomic E-state index is 0.0285. The number of carbonyl (C=O) groups excluding carboxylic acids is 1. The molecule has 2 fully saturated rings. The van der Waals surface area contributed by atoms with E-state index in [9.17, 15) is 4.79 Å². The highest BCUT2D eigenvalue weighted by Crippen LogP contribution is 2.25. The summed E-state index contributed by atoms with van der Waals surface area (Å²) in [7, 11) is 0. The molecule has 0 aromatic rings. The third-order valence-electron chi connectivity index (χ3n) is 2.54. The van der Waals surface area contributed by atoms with Crippen molar-refractivity contribution in [2.24, 2.45) is 5.11 Å². The van der Waals surface area contributed by atoms with Gasteiger partial charge in [0, 0.05) is 17.5 Å². The predicted octanol–water partition coefficient (Wildman–Crippen LogP) is 1.28. The summed E-state index contributed by atoms with van der Waals surface area (Å²) in [5, 5.41) is 3.66. The van der Waals surface area contributed by atoms with Gasteiger partial charge in [0.05, 0.1) is 6.04 Å². The number of ether oxygens (including phenoxy) is 1. The van der Waals surface area contributed by atoms with Crippen LogP contribution in [0.4, 0.5) is 4.79 Å². The monoisotopic (exact) mass is 182 g/mol. The molecule has 2 rings (SSSR count). The van der Waals surface area contributed by atoms with Crippen molar-refractivity contribution < 1.29 is 9.53 Å². The number of fused-ring (bicyclic) bond motifs is 1. The Morgan fingerprint density at radius 1 is 1.69 bits per heavy atom. The molecule has 0 aliphatic carbocycles. The normalized spacial score (nSPS) is 32.0. The summed E-state index contributed by atoms with van der Waals surface area (Å²) in [6.07, 6.45) is 1.25. The van der Waals surface area contributed by atoms with Crippen molar-refractivity contribution in [3.8, 4) is 0 Å². The van der Waals surface area contributed by atoms with Gasteiger partial charge in [0.2, 0.25) is 0 Å². The van der Waals surface area contributed by atoms with Crippen molar-refractivity contribution in [1.29, 1.82) is 0 Å². The van der Waals surface area contributed by atoms with Crippen LogP contribution in [-0.2, 0) is 4.74 Å². The molecule has 0 saturated carbocycles. The Kier molecular flexibility index (Phi) is 1.98. The Hall–Kier alpha value is -1.42. The van der Waals surface area contributed by atoms with Crippen LogP contribution < -0.4 is 0 Å². The van der Waals surface area contributed by atoms with Crippen LogP contribution in [0.1, 0.15) is 12.8 Å². The molecule has 0 bridgehead atoms. The molecule has 2 aliphatic rings. The molecule has 6 heteroatoms. The quantitative estimate of drug-likeness (QED) is 0.348. The second-order valence-corrected chi connectivity index (χ2v) is 3.31. The summed E-state index contributed by atoms with van der Waals surface area (Å²) >= 11 is 0. The van der Waals surface area contributed by atoms with Gasteiger partial charge in [-0.1, -0.05) is 5.11 Å². The summed E-state index contributed by atoms with van der Waals surface area (Å²) < 4.78 is 4.88. The molecule has 0 unspecified atom stereocenters. The highest BCUT2D eigenvalue weighted by molar-refractivity contribution is 5.70. The van der Waals surface area contributed by atoms with Crippen molar-refractivity contribution in [3.63, 3.8) is 0 Å². The second kappa shape index (κ2) is 3.14. The molecule has 13 heavy (non-hydrogen) atoms. The summed E-state index contributed by atoms with van der Waals surface area (Å²) in [6, 6.07) is 0.150. The largest absolute Gasteiger partial charge is 0.447 e. The van der Waals surface area contributed by atoms with Crippen molar-refractivity contribution in [2.75, 3.05) is 13.2 Å². The first kappa shape index (κ1) is 8.19. The van der Waals surface area contributed by atoms with Crippen molar-refractivity contribution in [3.05, 3.63) is 10.4 Å². The molecule has 0 aromatic carbocycles. The molecule has 2 saturated heterocycles. The number of piperidine rings is 1. The molecule has 6 nitrogen and oxygen atoms in total. The van der Waals surface area contributed by atoms with Crippen molar-refractivity contribution >= 4 is 6.09 Å². The fraction of sp³-hybridized carbons (Fsp3) is 0.857. The second-order valence-electron chi connectivity index (χ2n) is 3.31. The van der Waals surface area contributed by atoms with Crippen LogP contribution in [-0.4, -0.2) is 36.2 Å². The maximum absolute atomic E-state index is 11.1. The molecule has 1 amide bonds. The minimum Gasteiger partial charge on any atom is -0.447 e. The van der Waals surface area contributed by atoms with Crippen LogP contribution in [0.15, 0.2) is 5.11 Å². The van der Waals surface area contributed by atoms with Crippen molar-refractivity contribution in [1.82, 2.24) is 4.90 Å². The Morgan fingerprint density at radius 3 is 3.31 bits per heavy atom. The van der Waals surface area contributed by atoms with E-state index in [4.69, 9.17) is 10.3 Å². The number of hydrogen-bond acceptors (Lipinski definition) is 3. The molecule has 2 heterocycles. The van der Waals surface area contributed by atoms with E-state index in [1.54, 1.807) is 4.90 Å². The van der Waals surface area contributed by atoms with Gasteiger partial charge in [-0.15, -0.1) is 0 Å². The first-order valence-corrected chi connectivity index (χ1v) is 4.29. The lowest BCUT2D eigenvalue weighted by molar-refractivity contribution is 0.152. The van der Waals surface area contributed by atoms with Gasteiger partial charge < -0.3 is 9.64 Å². The van der Waals surface area contributed by atoms with Gasteiger partial charge in [0.1, 0.15) is 6.61 Å². The minimum atomic E-state index is -0.232. The fourth-order valence-corrected chi connectivity index (χ4v) is 1.86. The van der Waals surface area contributed by atoms with E-state index < -0.39 is 0 Å². The summed E-state index contributed by atoms with van der Waals surface area (Å²) in [4.78, 5) is 15.6. The zero-order valence-electron chi connectivity index (χ0n) is 7.09. The summed E-state index contributed by atoms with van der Waals surface area (Å²) in [5.41, 5.74) is 8.26. The van der Waals surface area contributed by atoms with Crippen LogP contribution in [0.3, 0.4) is 0 Å². The van der Waals surface area contributed by atoms with Crippen molar-refractivity contribution in [2.45, 2.75) is 24.9 Å². The van der Waals surface area contributed by atoms with Crippen LogP contribution in [0.5, 0.6) is 0 Å². The summed E-state index contributed by atoms with van der Waals surface area (Å²) in [5.74, 6) is 0. The average molecular weight is 182 g/mol. The first-order valence-electron chi connectivity index (χ1n) is 4.29. The van der Waals surface area contributed by atoms with Crippen LogP contribution in [0, 0.1) is 0 Å². The van der Waals surface area contributed by atoms with Crippen LogP contribution in [0.2, 0.25) is 0 Å². The molecule has 0 spiro atoms. The maximum Gasteiger partial charge on any atom is 0.410 e. The zero-order valence-corrected chi connectivity index (χ0v) is 7.09. The van der Waals surface area contributed by atoms with E-state index in [1.807, 2.05) is 0 Å². The van der Waals surface area contributed by atoms with Gasteiger partial charge in [-0.2, -0.15) is 0 Å². The molecule has 0 radical (unpaired) electrons. The molecule has 2 aliphatic heterocycles. The van der Waals surface area contributed by atoms with Gasteiger partial charge >= 0.3 is 6.09 Å². The molecule has 70 valence electrons. The third-order valence-corrected chi connectivity index (χ3v) is 2.54. The smallest absolute Gasteiger partial charge is 0.410 e. The Balaban J connectivity index is 2.02. The number of carbonyl (C=O) groups is 1. The Labute approximate surface area is 75.1 Å². The molecule has 0 aromatic heterocycles. The molecule has 2 atom stereocenters. The Morgan fingerprint density at radius 2 is 2.54 bits per heavy atom. The van der Waals surface area contributed by atoms with E-state index >= 15 is 0 Å². The highest BCUT2D eigenvalue weighted by Gasteiger charge is 2.37. The lowest BCUT2D eigenvalue weighted by Crippen LogP contribution is -2.42. The SMILES string of the molecule is [N-]=[N+]=N[C@H]1CCN2C(=O)OC[C@@H]2C1. The number of azide groups is 1. The Bertz CT molecular complexity index is 274. The molecular formula is C7H10N4O2.